The molecule has 1 aromatic carbocycles. The minimum Gasteiger partial charge on any atom is -0.490 e. The molecule has 0 bridgehead atoms. The Labute approximate surface area is 194 Å². The van der Waals surface area contributed by atoms with Crippen molar-refractivity contribution in [1.29, 1.82) is 0 Å². The van der Waals surface area contributed by atoms with Gasteiger partial charge in [-0.1, -0.05) is 0 Å². The molecular formula is C24H34FN5O3. The number of amides is 1. The number of rotatable bonds is 5. The summed E-state index contributed by atoms with van der Waals surface area (Å²) in [4.78, 5) is 16.6. The quantitative estimate of drug-likeness (QED) is 0.675. The summed E-state index contributed by atoms with van der Waals surface area (Å²) in [5, 5.41) is 7.49. The van der Waals surface area contributed by atoms with Gasteiger partial charge in [-0.05, 0) is 64.5 Å². The van der Waals surface area contributed by atoms with Crippen LogP contribution >= 0.6 is 0 Å². The fourth-order valence-corrected chi connectivity index (χ4v) is 4.58. The number of carbonyl (C=O) groups excluding carboxylic acids is 1. The van der Waals surface area contributed by atoms with Gasteiger partial charge < -0.3 is 14.4 Å². The van der Waals surface area contributed by atoms with Crippen molar-refractivity contribution in [3.63, 3.8) is 0 Å². The molecular weight excluding hydrogens is 425 g/mol. The Morgan fingerprint density at radius 1 is 1.06 bits per heavy atom. The van der Waals surface area contributed by atoms with Gasteiger partial charge in [-0.2, -0.15) is 0 Å². The number of halogens is 1. The van der Waals surface area contributed by atoms with Crippen molar-refractivity contribution in [2.45, 2.75) is 58.1 Å². The van der Waals surface area contributed by atoms with Gasteiger partial charge in [0.05, 0.1) is 12.3 Å². The van der Waals surface area contributed by atoms with Crippen molar-refractivity contribution in [3.8, 4) is 11.4 Å². The number of aromatic nitrogens is 3. The fraction of sp³-hybridized carbons (Fsp3) is 0.625. The summed E-state index contributed by atoms with van der Waals surface area (Å²) < 4.78 is 27.4. The van der Waals surface area contributed by atoms with E-state index in [0.717, 1.165) is 38.8 Å². The lowest BCUT2D eigenvalue weighted by atomic mass is 9.85. The van der Waals surface area contributed by atoms with E-state index in [1.165, 1.54) is 18.7 Å². The van der Waals surface area contributed by atoms with Gasteiger partial charge in [0.25, 0.3) is 0 Å². The molecule has 2 aromatic rings. The van der Waals surface area contributed by atoms with Crippen LogP contribution in [0.25, 0.3) is 5.69 Å². The molecule has 0 radical (unpaired) electrons. The Morgan fingerprint density at radius 2 is 1.73 bits per heavy atom. The van der Waals surface area contributed by atoms with Crippen LogP contribution in [0.4, 0.5) is 9.18 Å². The number of nitrogens with zero attached hydrogens (tertiary/aromatic N) is 5. The largest absolute Gasteiger partial charge is 0.490 e. The smallest absolute Gasteiger partial charge is 0.410 e. The molecule has 1 aliphatic carbocycles. The number of ether oxygens (including phenoxy) is 2. The van der Waals surface area contributed by atoms with Gasteiger partial charge in [0, 0.05) is 38.3 Å². The second-order valence-corrected chi connectivity index (χ2v) is 9.97. The van der Waals surface area contributed by atoms with Crippen molar-refractivity contribution < 1.29 is 18.7 Å². The van der Waals surface area contributed by atoms with Crippen LogP contribution in [-0.4, -0.2) is 75.1 Å². The first kappa shape index (κ1) is 23.5. The fourth-order valence-electron chi connectivity index (χ4n) is 4.58. The topological polar surface area (TPSA) is 72.7 Å². The molecule has 2 fully saturated rings. The van der Waals surface area contributed by atoms with Crippen molar-refractivity contribution in [1.82, 2.24) is 24.6 Å². The molecule has 0 spiro atoms. The lowest BCUT2D eigenvalue weighted by molar-refractivity contribution is 0.00652. The SMILES string of the molecule is CC(C)(C)OC(=O)N1CCN(C2CCC(COc3ccc(-n4cnnc4)cc3F)CC2)CC1. The summed E-state index contributed by atoms with van der Waals surface area (Å²) in [6, 6.07) is 5.45. The van der Waals surface area contributed by atoms with Gasteiger partial charge in [-0.15, -0.1) is 10.2 Å². The number of hydrogen-bond acceptors (Lipinski definition) is 6. The molecule has 9 heteroatoms. The lowest BCUT2D eigenvalue weighted by Gasteiger charge is -2.42. The average Bonchev–Trinajstić information content (AvgIpc) is 3.33. The number of hydrogen-bond donors (Lipinski definition) is 0. The maximum atomic E-state index is 14.5. The lowest BCUT2D eigenvalue weighted by Crippen LogP contribution is -2.53. The van der Waals surface area contributed by atoms with Crippen LogP contribution in [0, 0.1) is 11.7 Å². The van der Waals surface area contributed by atoms with E-state index in [9.17, 15) is 9.18 Å². The Kier molecular flexibility index (Phi) is 7.17. The zero-order valence-electron chi connectivity index (χ0n) is 19.7. The molecule has 0 N–H and O–H groups in total. The van der Waals surface area contributed by atoms with E-state index in [1.54, 1.807) is 16.7 Å². The molecule has 1 aliphatic heterocycles. The maximum absolute atomic E-state index is 14.5. The van der Waals surface area contributed by atoms with Crippen molar-refractivity contribution in [2.24, 2.45) is 5.92 Å². The van der Waals surface area contributed by atoms with Crippen LogP contribution in [0.5, 0.6) is 5.75 Å². The van der Waals surface area contributed by atoms with E-state index in [-0.39, 0.29) is 17.7 Å². The van der Waals surface area contributed by atoms with Crippen LogP contribution < -0.4 is 4.74 Å². The van der Waals surface area contributed by atoms with Gasteiger partial charge >= 0.3 is 6.09 Å². The third-order valence-electron chi connectivity index (χ3n) is 6.41. The zero-order valence-corrected chi connectivity index (χ0v) is 19.7. The van der Waals surface area contributed by atoms with Gasteiger partial charge in [-0.3, -0.25) is 9.47 Å². The highest BCUT2D eigenvalue weighted by molar-refractivity contribution is 5.68. The molecule has 180 valence electrons. The van der Waals surface area contributed by atoms with Crippen molar-refractivity contribution in [2.75, 3.05) is 32.8 Å². The summed E-state index contributed by atoms with van der Waals surface area (Å²) in [7, 11) is 0. The first-order valence-electron chi connectivity index (χ1n) is 11.8. The predicted octanol–water partition coefficient (Wildman–Crippen LogP) is 3.90. The van der Waals surface area contributed by atoms with Gasteiger partial charge in [-0.25, -0.2) is 9.18 Å². The molecule has 0 unspecified atom stereocenters. The minimum atomic E-state index is -0.461. The molecule has 1 saturated heterocycles. The van der Waals surface area contributed by atoms with Crippen molar-refractivity contribution >= 4 is 6.09 Å². The van der Waals surface area contributed by atoms with Crippen molar-refractivity contribution in [3.05, 3.63) is 36.7 Å². The molecule has 1 aromatic heterocycles. The van der Waals surface area contributed by atoms with E-state index < -0.39 is 5.60 Å². The molecule has 4 rings (SSSR count). The second-order valence-electron chi connectivity index (χ2n) is 9.97. The predicted molar refractivity (Wildman–Crippen MR) is 122 cm³/mol. The van der Waals surface area contributed by atoms with E-state index in [2.05, 4.69) is 15.1 Å². The highest BCUT2D eigenvalue weighted by Gasteiger charge is 2.31. The molecule has 8 nitrogen and oxygen atoms in total. The average molecular weight is 460 g/mol. The Balaban J connectivity index is 1.19. The van der Waals surface area contributed by atoms with Gasteiger partial charge in [0.2, 0.25) is 0 Å². The summed E-state index contributed by atoms with van der Waals surface area (Å²) in [5.41, 5.74) is 0.203. The van der Waals surface area contributed by atoms with E-state index in [4.69, 9.17) is 9.47 Å². The molecule has 33 heavy (non-hydrogen) atoms. The van der Waals surface area contributed by atoms with E-state index in [1.807, 2.05) is 25.7 Å². The van der Waals surface area contributed by atoms with Crippen LogP contribution in [-0.2, 0) is 4.74 Å². The van der Waals surface area contributed by atoms with Crippen LogP contribution in [0.2, 0.25) is 0 Å². The third-order valence-corrected chi connectivity index (χ3v) is 6.41. The summed E-state index contributed by atoms with van der Waals surface area (Å²) in [5.74, 6) is 0.339. The Bertz CT molecular complexity index is 915. The van der Waals surface area contributed by atoms with Crippen LogP contribution in [0.15, 0.2) is 30.9 Å². The first-order valence-corrected chi connectivity index (χ1v) is 11.8. The molecule has 2 aliphatic rings. The van der Waals surface area contributed by atoms with E-state index in [0.29, 0.717) is 37.3 Å². The number of piperazine rings is 1. The van der Waals surface area contributed by atoms with E-state index >= 15 is 0 Å². The maximum Gasteiger partial charge on any atom is 0.410 e. The molecule has 1 amide bonds. The second kappa shape index (κ2) is 10.1. The monoisotopic (exact) mass is 459 g/mol. The third kappa shape index (κ3) is 6.22. The summed E-state index contributed by atoms with van der Waals surface area (Å²) >= 11 is 0. The Hall–Kier alpha value is -2.68. The standard InChI is InChI=1S/C24H34FN5O3/c1-24(2,3)33-23(31)29-12-10-28(11-13-29)19-6-4-18(5-7-19)15-32-22-9-8-20(14-21(22)25)30-16-26-27-17-30/h8-9,14,16-19H,4-7,10-13,15H2,1-3H3. The molecule has 0 atom stereocenters. The summed E-state index contributed by atoms with van der Waals surface area (Å²) in [6.45, 7) is 9.40. The normalized spacial score (nSPS) is 22.2. The first-order chi connectivity index (χ1) is 15.8. The number of benzene rings is 1. The van der Waals surface area contributed by atoms with Gasteiger partial charge in [0.15, 0.2) is 11.6 Å². The highest BCUT2D eigenvalue weighted by Crippen LogP contribution is 2.30. The van der Waals surface area contributed by atoms with Gasteiger partial charge in [0.1, 0.15) is 18.3 Å². The summed E-state index contributed by atoms with van der Waals surface area (Å²) in [6.07, 6.45) is 7.20. The molecule has 1 saturated carbocycles. The van der Waals surface area contributed by atoms with Crippen LogP contribution in [0.3, 0.4) is 0 Å². The highest BCUT2D eigenvalue weighted by atomic mass is 19.1. The zero-order chi connectivity index (χ0) is 23.4. The van der Waals surface area contributed by atoms with Crippen LogP contribution in [0.1, 0.15) is 46.5 Å². The molecule has 2 heterocycles. The Morgan fingerprint density at radius 3 is 2.33 bits per heavy atom. The minimum absolute atomic E-state index is 0.218. The number of carbonyl (C=O) groups is 1.